The fourth-order valence-corrected chi connectivity index (χ4v) is 1.65. The first kappa shape index (κ1) is 15.8. The smallest absolute Gasteiger partial charge is 0.254 e. The Hall–Kier alpha value is -2.57. The first-order chi connectivity index (χ1) is 10.3. The second-order valence-electron chi connectivity index (χ2n) is 5.72. The van der Waals surface area contributed by atoms with E-state index < -0.39 is 11.6 Å². The molecule has 2 aromatic rings. The zero-order chi connectivity index (χ0) is 16.3. The second kappa shape index (κ2) is 6.05. The number of hydrogen-bond acceptors (Lipinski definition) is 4. The van der Waals surface area contributed by atoms with Gasteiger partial charge in [0.05, 0.1) is 5.56 Å². The van der Waals surface area contributed by atoms with Crippen molar-refractivity contribution in [3.05, 3.63) is 47.8 Å². The van der Waals surface area contributed by atoms with Crippen LogP contribution in [-0.4, -0.2) is 21.4 Å². The molecule has 2 rings (SSSR count). The van der Waals surface area contributed by atoms with Crippen LogP contribution in [0.4, 0.5) is 20.4 Å². The number of nitrogens with zero attached hydrogens (tertiary/aromatic N) is 2. The number of carbonyl (C=O) groups is 1. The third-order valence-corrected chi connectivity index (χ3v) is 2.60. The van der Waals surface area contributed by atoms with Crippen LogP contribution in [0.3, 0.4) is 0 Å². The minimum Gasteiger partial charge on any atom is -0.347 e. The van der Waals surface area contributed by atoms with Gasteiger partial charge in [-0.1, -0.05) is 6.07 Å². The third kappa shape index (κ3) is 3.97. The van der Waals surface area contributed by atoms with E-state index in [1.54, 1.807) is 0 Å². The fourth-order valence-electron chi connectivity index (χ4n) is 1.65. The summed E-state index contributed by atoms with van der Waals surface area (Å²) in [4.78, 5) is 19.7. The van der Waals surface area contributed by atoms with Gasteiger partial charge in [0.2, 0.25) is 5.95 Å². The number of anilines is 2. The van der Waals surface area contributed by atoms with Crippen molar-refractivity contribution in [3.8, 4) is 0 Å². The lowest BCUT2D eigenvalue weighted by atomic mass is 10.1. The van der Waals surface area contributed by atoms with Crippen LogP contribution < -0.4 is 10.6 Å². The Morgan fingerprint density at radius 2 is 1.64 bits per heavy atom. The topological polar surface area (TPSA) is 66.9 Å². The molecule has 0 fully saturated rings. The van der Waals surface area contributed by atoms with E-state index in [-0.39, 0.29) is 28.6 Å². The molecule has 1 aromatic carbocycles. The van der Waals surface area contributed by atoms with Crippen molar-refractivity contribution >= 4 is 17.5 Å². The highest BCUT2D eigenvalue weighted by Crippen LogP contribution is 2.20. The summed E-state index contributed by atoms with van der Waals surface area (Å²) in [5, 5.41) is 5.21. The Balaban J connectivity index is 2.14. The first-order valence-corrected chi connectivity index (χ1v) is 6.62. The molecule has 0 radical (unpaired) electrons. The molecule has 0 spiro atoms. The minimum atomic E-state index is -0.752. The molecule has 7 heteroatoms. The predicted molar refractivity (Wildman–Crippen MR) is 78.9 cm³/mol. The van der Waals surface area contributed by atoms with Crippen molar-refractivity contribution in [2.75, 3.05) is 5.32 Å². The maximum atomic E-state index is 13.5. The van der Waals surface area contributed by atoms with Crippen molar-refractivity contribution < 1.29 is 13.6 Å². The van der Waals surface area contributed by atoms with E-state index >= 15 is 0 Å². The molecule has 116 valence electrons. The van der Waals surface area contributed by atoms with Gasteiger partial charge in [0.25, 0.3) is 5.91 Å². The highest BCUT2D eigenvalue weighted by Gasteiger charge is 2.16. The lowest BCUT2D eigenvalue weighted by molar-refractivity contribution is 0.0919. The van der Waals surface area contributed by atoms with Crippen LogP contribution in [0.25, 0.3) is 0 Å². The lowest BCUT2D eigenvalue weighted by Crippen LogP contribution is -2.40. The van der Waals surface area contributed by atoms with Gasteiger partial charge in [-0.05, 0) is 32.9 Å². The summed E-state index contributed by atoms with van der Waals surface area (Å²) >= 11 is 0. The summed E-state index contributed by atoms with van der Waals surface area (Å²) < 4.78 is 27.0. The standard InChI is InChI=1S/C15H16F2N4O/c1-15(2,3)21-13(22)9-7-18-14(19-8-9)20-12-10(16)5-4-6-11(12)17/h4-8H,1-3H3,(H,21,22)(H,18,19,20). The number of para-hydroxylation sites is 1. The van der Waals surface area contributed by atoms with Gasteiger partial charge in [-0.3, -0.25) is 4.79 Å². The van der Waals surface area contributed by atoms with Crippen molar-refractivity contribution in [2.24, 2.45) is 0 Å². The lowest BCUT2D eigenvalue weighted by Gasteiger charge is -2.20. The van der Waals surface area contributed by atoms with Gasteiger partial charge in [0.15, 0.2) is 0 Å². The molecule has 5 nitrogen and oxygen atoms in total. The average Bonchev–Trinajstić information content (AvgIpc) is 2.42. The summed E-state index contributed by atoms with van der Waals surface area (Å²) in [5.41, 5.74) is -0.464. The number of carbonyl (C=O) groups excluding carboxylic acids is 1. The van der Waals surface area contributed by atoms with E-state index in [1.807, 2.05) is 20.8 Å². The van der Waals surface area contributed by atoms with Crippen molar-refractivity contribution in [3.63, 3.8) is 0 Å². The molecule has 2 N–H and O–H groups in total. The molecule has 0 aliphatic rings. The zero-order valence-electron chi connectivity index (χ0n) is 12.4. The van der Waals surface area contributed by atoms with Gasteiger partial charge < -0.3 is 10.6 Å². The Labute approximate surface area is 126 Å². The van der Waals surface area contributed by atoms with Crippen LogP contribution in [0.15, 0.2) is 30.6 Å². The van der Waals surface area contributed by atoms with Crippen molar-refractivity contribution in [2.45, 2.75) is 26.3 Å². The van der Waals surface area contributed by atoms with Crippen LogP contribution in [0.1, 0.15) is 31.1 Å². The number of aromatic nitrogens is 2. The Morgan fingerprint density at radius 1 is 1.09 bits per heavy atom. The van der Waals surface area contributed by atoms with E-state index in [4.69, 9.17) is 0 Å². The van der Waals surface area contributed by atoms with Crippen LogP contribution in [0.2, 0.25) is 0 Å². The predicted octanol–water partition coefficient (Wildman–Crippen LogP) is 3.03. The monoisotopic (exact) mass is 306 g/mol. The summed E-state index contributed by atoms with van der Waals surface area (Å²) in [6, 6.07) is 3.50. The average molecular weight is 306 g/mol. The number of hydrogen-bond donors (Lipinski definition) is 2. The number of benzene rings is 1. The van der Waals surface area contributed by atoms with E-state index in [2.05, 4.69) is 20.6 Å². The van der Waals surface area contributed by atoms with E-state index in [0.29, 0.717) is 0 Å². The van der Waals surface area contributed by atoms with Gasteiger partial charge >= 0.3 is 0 Å². The summed E-state index contributed by atoms with van der Waals surface area (Å²) in [7, 11) is 0. The van der Waals surface area contributed by atoms with Crippen LogP contribution in [0.5, 0.6) is 0 Å². The fraction of sp³-hybridized carbons (Fsp3) is 0.267. The van der Waals surface area contributed by atoms with Gasteiger partial charge in [0, 0.05) is 17.9 Å². The van der Waals surface area contributed by atoms with Gasteiger partial charge in [-0.15, -0.1) is 0 Å². The molecule has 0 saturated carbocycles. The molecular formula is C15H16F2N4O. The molecule has 0 aliphatic heterocycles. The summed E-state index contributed by atoms with van der Waals surface area (Å²) in [6.07, 6.45) is 2.57. The quantitative estimate of drug-likeness (QED) is 0.914. The Morgan fingerprint density at radius 3 is 2.14 bits per heavy atom. The normalized spacial score (nSPS) is 11.1. The molecule has 1 aromatic heterocycles. The molecule has 22 heavy (non-hydrogen) atoms. The number of rotatable bonds is 3. The second-order valence-corrected chi connectivity index (χ2v) is 5.72. The van der Waals surface area contributed by atoms with Gasteiger partial charge in [-0.25, -0.2) is 18.7 Å². The largest absolute Gasteiger partial charge is 0.347 e. The van der Waals surface area contributed by atoms with E-state index in [1.165, 1.54) is 18.5 Å². The van der Waals surface area contributed by atoms with Crippen molar-refractivity contribution in [1.82, 2.24) is 15.3 Å². The number of amides is 1. The summed E-state index contributed by atoms with van der Waals surface area (Å²) in [6.45, 7) is 5.55. The van der Waals surface area contributed by atoms with Gasteiger partial charge in [0.1, 0.15) is 17.3 Å². The Kier molecular flexibility index (Phi) is 4.35. The van der Waals surface area contributed by atoms with E-state index in [9.17, 15) is 13.6 Å². The minimum absolute atomic E-state index is 0.00342. The zero-order valence-corrected chi connectivity index (χ0v) is 12.4. The Bertz CT molecular complexity index is 661. The molecule has 0 atom stereocenters. The number of nitrogens with one attached hydrogen (secondary N) is 2. The molecular weight excluding hydrogens is 290 g/mol. The first-order valence-electron chi connectivity index (χ1n) is 6.62. The van der Waals surface area contributed by atoms with E-state index in [0.717, 1.165) is 12.1 Å². The molecule has 0 bridgehead atoms. The van der Waals surface area contributed by atoms with Crippen LogP contribution in [-0.2, 0) is 0 Å². The molecule has 1 heterocycles. The molecule has 0 saturated heterocycles. The molecule has 1 amide bonds. The highest BCUT2D eigenvalue weighted by molar-refractivity contribution is 5.94. The van der Waals surface area contributed by atoms with Gasteiger partial charge in [-0.2, -0.15) is 0 Å². The molecule has 0 aliphatic carbocycles. The highest BCUT2D eigenvalue weighted by atomic mass is 19.1. The van der Waals surface area contributed by atoms with Crippen LogP contribution >= 0.6 is 0 Å². The maximum Gasteiger partial charge on any atom is 0.254 e. The maximum absolute atomic E-state index is 13.5. The van der Waals surface area contributed by atoms with Crippen molar-refractivity contribution in [1.29, 1.82) is 0 Å². The SMILES string of the molecule is CC(C)(C)NC(=O)c1cnc(Nc2c(F)cccc2F)nc1. The third-order valence-electron chi connectivity index (χ3n) is 2.60. The number of halogens is 2. The van der Waals surface area contributed by atoms with Crippen LogP contribution in [0, 0.1) is 11.6 Å². The molecule has 0 unspecified atom stereocenters. The summed E-state index contributed by atoms with van der Waals surface area (Å²) in [5.74, 6) is -1.83.